The first-order chi connectivity index (χ1) is 4.54. The summed E-state index contributed by atoms with van der Waals surface area (Å²) in [6.45, 7) is 0. The molecule has 0 fully saturated rings. The Kier molecular flexibility index (Phi) is 9.10. The van der Waals surface area contributed by atoms with Crippen LogP contribution in [0.4, 0.5) is 0 Å². The van der Waals surface area contributed by atoms with Crippen molar-refractivity contribution in [3.8, 4) is 0 Å². The molecule has 4 N–H and O–H groups in total. The van der Waals surface area contributed by atoms with Crippen molar-refractivity contribution in [2.45, 2.75) is 18.9 Å². The van der Waals surface area contributed by atoms with Gasteiger partial charge in [0.15, 0.2) is 0 Å². The van der Waals surface area contributed by atoms with Gasteiger partial charge in [0.05, 0.1) is 0 Å². The van der Waals surface area contributed by atoms with E-state index in [0.29, 0.717) is 0 Å². The number of carboxylic acid groups (broad SMARTS) is 2. The van der Waals surface area contributed by atoms with E-state index in [4.69, 9.17) is 15.9 Å². The van der Waals surface area contributed by atoms with Crippen molar-refractivity contribution in [2.24, 2.45) is 5.73 Å². The molecule has 0 aromatic carbocycles. The van der Waals surface area contributed by atoms with E-state index >= 15 is 0 Å². The van der Waals surface area contributed by atoms with Crippen molar-refractivity contribution in [3.63, 3.8) is 0 Å². The van der Waals surface area contributed by atoms with E-state index in [0.717, 1.165) is 0 Å². The topological polar surface area (TPSA) is 101 Å². The third-order valence-corrected chi connectivity index (χ3v) is 0.986. The van der Waals surface area contributed by atoms with E-state index in [9.17, 15) is 9.59 Å². The summed E-state index contributed by atoms with van der Waals surface area (Å²) in [5.74, 6) is -2.20. The van der Waals surface area contributed by atoms with Crippen LogP contribution in [0.5, 0.6) is 0 Å². The quantitative estimate of drug-likeness (QED) is 0.538. The molecule has 6 heteroatoms. The molecule has 0 saturated heterocycles. The van der Waals surface area contributed by atoms with Gasteiger partial charge in [-0.2, -0.15) is 0 Å². The maximum absolute atomic E-state index is 9.99. The summed E-state index contributed by atoms with van der Waals surface area (Å²) in [6.07, 6.45) is -0.224. The molecule has 1 atom stereocenters. The molecule has 0 spiro atoms. The molecule has 0 radical (unpaired) electrons. The third-order valence-electron chi connectivity index (χ3n) is 0.986. The zero-order chi connectivity index (χ0) is 8.15. The molecular formula is C5H11BaNO4. The average molecular weight is 286 g/mol. The Morgan fingerprint density at radius 1 is 1.36 bits per heavy atom. The molecule has 0 aliphatic heterocycles. The fraction of sp³-hybridized carbons (Fsp3) is 0.600. The second kappa shape index (κ2) is 7.14. The minimum absolute atomic E-state index is 0. The van der Waals surface area contributed by atoms with Crippen LogP contribution in [0.2, 0.25) is 0 Å². The zero-order valence-corrected chi connectivity index (χ0v) is 5.28. The summed E-state index contributed by atoms with van der Waals surface area (Å²) < 4.78 is 0. The molecule has 0 rings (SSSR count). The first-order valence-electron chi connectivity index (χ1n) is 2.74. The fourth-order valence-electron chi connectivity index (χ4n) is 0.402. The second-order valence-corrected chi connectivity index (χ2v) is 1.88. The number of nitrogens with two attached hydrogens (primary N) is 1. The zero-order valence-electron chi connectivity index (χ0n) is 5.28. The van der Waals surface area contributed by atoms with Crippen molar-refractivity contribution in [1.82, 2.24) is 0 Å². The Morgan fingerprint density at radius 2 is 1.82 bits per heavy atom. The Bertz CT molecular complexity index is 149. The molecule has 0 bridgehead atoms. The summed E-state index contributed by atoms with van der Waals surface area (Å²) in [7, 11) is 0. The van der Waals surface area contributed by atoms with Crippen molar-refractivity contribution < 1.29 is 19.8 Å². The van der Waals surface area contributed by atoms with Crippen molar-refractivity contribution in [2.75, 3.05) is 0 Å². The van der Waals surface area contributed by atoms with E-state index in [1.54, 1.807) is 0 Å². The predicted octanol–water partition coefficient (Wildman–Crippen LogP) is -1.65. The van der Waals surface area contributed by atoms with Crippen molar-refractivity contribution >= 4 is 60.8 Å². The molecule has 0 aliphatic carbocycles. The first kappa shape index (κ1) is 14.0. The van der Waals surface area contributed by atoms with Gasteiger partial charge < -0.3 is 15.9 Å². The van der Waals surface area contributed by atoms with E-state index in [1.165, 1.54) is 0 Å². The van der Waals surface area contributed by atoms with Gasteiger partial charge in [0.2, 0.25) is 0 Å². The van der Waals surface area contributed by atoms with Crippen LogP contribution in [-0.4, -0.2) is 77.1 Å². The molecular weight excluding hydrogens is 275 g/mol. The fourth-order valence-corrected chi connectivity index (χ4v) is 0.402. The summed E-state index contributed by atoms with van der Waals surface area (Å²) in [5, 5.41) is 16.3. The van der Waals surface area contributed by atoms with Crippen LogP contribution in [0.3, 0.4) is 0 Å². The van der Waals surface area contributed by atoms with Crippen LogP contribution in [0.1, 0.15) is 12.8 Å². The summed E-state index contributed by atoms with van der Waals surface area (Å²) in [6, 6.07) is -1.06. The van der Waals surface area contributed by atoms with Gasteiger partial charge in [0, 0.05) is 6.42 Å². The Labute approximate surface area is 104 Å². The van der Waals surface area contributed by atoms with Gasteiger partial charge in [-0.05, 0) is 6.42 Å². The molecule has 5 nitrogen and oxygen atoms in total. The van der Waals surface area contributed by atoms with Gasteiger partial charge >= 0.3 is 60.8 Å². The number of rotatable bonds is 4. The van der Waals surface area contributed by atoms with Crippen molar-refractivity contribution in [3.05, 3.63) is 0 Å². The second-order valence-electron chi connectivity index (χ2n) is 1.88. The number of aliphatic carboxylic acids is 2. The molecule has 1 unspecified atom stereocenters. The minimum atomic E-state index is -1.17. The first-order valence-corrected chi connectivity index (χ1v) is 2.74. The molecule has 0 amide bonds. The van der Waals surface area contributed by atoms with Crippen LogP contribution in [-0.2, 0) is 9.59 Å². The molecule has 0 aromatic heterocycles. The maximum atomic E-state index is 9.99. The molecule has 11 heavy (non-hydrogen) atoms. The predicted molar refractivity (Wildman–Crippen MR) is 41.0 cm³/mol. The van der Waals surface area contributed by atoms with Gasteiger partial charge in [-0.15, -0.1) is 0 Å². The van der Waals surface area contributed by atoms with Crippen LogP contribution in [0.25, 0.3) is 0 Å². The molecule has 0 heterocycles. The van der Waals surface area contributed by atoms with E-state index < -0.39 is 18.0 Å². The van der Waals surface area contributed by atoms with Crippen LogP contribution in [0.15, 0.2) is 0 Å². The van der Waals surface area contributed by atoms with E-state index in [2.05, 4.69) is 0 Å². The Hall–Kier alpha value is 0.471. The van der Waals surface area contributed by atoms with E-state index in [1.807, 2.05) is 0 Å². The molecule has 0 aliphatic rings. The van der Waals surface area contributed by atoms with Crippen molar-refractivity contribution in [1.29, 1.82) is 0 Å². The van der Waals surface area contributed by atoms with Gasteiger partial charge in [0.25, 0.3) is 0 Å². The SMILES string of the molecule is NC(CCC(=O)O)C(=O)O.[BaH2]. The average Bonchev–Trinajstić information content (AvgIpc) is 1.82. The summed E-state index contributed by atoms with van der Waals surface area (Å²) >= 11 is 0. The van der Waals surface area contributed by atoms with Crippen LogP contribution < -0.4 is 5.73 Å². The van der Waals surface area contributed by atoms with Crippen LogP contribution in [0, 0.1) is 0 Å². The third kappa shape index (κ3) is 8.38. The monoisotopic (exact) mass is 287 g/mol. The van der Waals surface area contributed by atoms with E-state index in [-0.39, 0.29) is 61.7 Å². The number of hydrogen-bond donors (Lipinski definition) is 3. The number of carbonyl (C=O) groups is 2. The van der Waals surface area contributed by atoms with Gasteiger partial charge in [-0.25, -0.2) is 0 Å². The number of hydrogen-bond acceptors (Lipinski definition) is 3. The summed E-state index contributed by atoms with van der Waals surface area (Å²) in [5.41, 5.74) is 5.00. The Balaban J connectivity index is 0. The van der Waals surface area contributed by atoms with Crippen LogP contribution >= 0.6 is 0 Å². The van der Waals surface area contributed by atoms with Gasteiger partial charge in [-0.1, -0.05) is 0 Å². The Morgan fingerprint density at radius 3 is 2.09 bits per heavy atom. The molecule has 0 saturated carbocycles. The van der Waals surface area contributed by atoms with Gasteiger partial charge in [-0.3, -0.25) is 9.59 Å². The molecule has 0 aromatic rings. The molecule has 62 valence electrons. The standard InChI is InChI=1S/C5H9NO4.Ba.2H/c6-3(5(9)10)1-2-4(7)8;;;/h3H,1-2,6H2,(H,7,8)(H,9,10);;;. The van der Waals surface area contributed by atoms with Gasteiger partial charge in [0.1, 0.15) is 6.04 Å². The normalized spacial score (nSPS) is 11.4. The summed E-state index contributed by atoms with van der Waals surface area (Å²) in [4.78, 5) is 19.9. The number of carboxylic acids is 2.